The summed E-state index contributed by atoms with van der Waals surface area (Å²) in [6.45, 7) is 2.58. The molecule has 0 rings (SSSR count). The molecule has 0 aliphatic carbocycles. The number of alkyl halides is 7. The van der Waals surface area contributed by atoms with Gasteiger partial charge in [0.1, 0.15) is 0 Å². The van der Waals surface area contributed by atoms with E-state index in [0.717, 1.165) is 0 Å². The third-order valence-corrected chi connectivity index (χ3v) is 1.99. The minimum atomic E-state index is -4.93. The molecule has 0 spiro atoms. The smallest absolute Gasteiger partial charge is 0.391 e. The number of carbonyl (C=O) groups excluding carboxylic acids is 4. The Morgan fingerprint density at radius 3 is 1.56 bits per heavy atom. The summed E-state index contributed by atoms with van der Waals surface area (Å²) in [7, 11) is 0. The zero-order chi connectivity index (χ0) is 20.4. The molecule has 0 aromatic rings. The van der Waals surface area contributed by atoms with Gasteiger partial charge in [0.2, 0.25) is 0 Å². The van der Waals surface area contributed by atoms with Gasteiger partial charge in [-0.3, -0.25) is 9.59 Å². The van der Waals surface area contributed by atoms with E-state index < -0.39 is 48.8 Å². The molecule has 13 heteroatoms. The van der Waals surface area contributed by atoms with Crippen LogP contribution in [0, 0.1) is 0 Å². The zero-order valence-electron chi connectivity index (χ0n) is 12.7. The number of carbonyl (C=O) groups is 4. The van der Waals surface area contributed by atoms with Crippen LogP contribution in [-0.4, -0.2) is 48.8 Å². The fraction of sp³-hybridized carbons (Fsp3) is 0.667. The van der Waals surface area contributed by atoms with Crippen molar-refractivity contribution in [1.29, 1.82) is 0 Å². The van der Waals surface area contributed by atoms with Gasteiger partial charge in [-0.15, -0.1) is 0 Å². The van der Waals surface area contributed by atoms with E-state index in [-0.39, 0.29) is 12.8 Å². The Morgan fingerprint density at radius 2 is 1.24 bits per heavy atom. The summed E-state index contributed by atoms with van der Waals surface area (Å²) in [6.07, 6.45) is -11.2. The first kappa shape index (κ1) is 25.0. The molecule has 0 N–H and O–H groups in total. The van der Waals surface area contributed by atoms with Crippen LogP contribution in [0.4, 0.5) is 30.7 Å². The molecular formula is C12H13F7O6. The Labute approximate surface area is 136 Å². The fourth-order valence-electron chi connectivity index (χ4n) is 0.676. The van der Waals surface area contributed by atoms with E-state index in [1.54, 1.807) is 0 Å². The van der Waals surface area contributed by atoms with Crippen LogP contribution < -0.4 is 0 Å². The van der Waals surface area contributed by atoms with Crippen molar-refractivity contribution in [1.82, 2.24) is 0 Å². The van der Waals surface area contributed by atoms with Gasteiger partial charge in [-0.2, -0.15) is 8.78 Å². The van der Waals surface area contributed by atoms with Crippen LogP contribution in [0.25, 0.3) is 0 Å². The highest BCUT2D eigenvalue weighted by molar-refractivity contribution is 5.89. The van der Waals surface area contributed by atoms with E-state index in [1.165, 1.54) is 13.8 Å². The van der Waals surface area contributed by atoms with Crippen molar-refractivity contribution in [2.75, 3.05) is 0 Å². The van der Waals surface area contributed by atoms with Crippen molar-refractivity contribution >= 4 is 23.9 Å². The van der Waals surface area contributed by atoms with Crippen LogP contribution in [0.3, 0.4) is 0 Å². The van der Waals surface area contributed by atoms with Crippen LogP contribution in [0.1, 0.15) is 26.7 Å². The molecule has 0 saturated heterocycles. The van der Waals surface area contributed by atoms with Crippen LogP contribution in [0.15, 0.2) is 0 Å². The van der Waals surface area contributed by atoms with E-state index in [1.807, 2.05) is 0 Å². The maximum atomic E-state index is 12.1. The van der Waals surface area contributed by atoms with Gasteiger partial charge in [-0.25, -0.2) is 31.5 Å². The fourth-order valence-corrected chi connectivity index (χ4v) is 0.676. The summed E-state index contributed by atoms with van der Waals surface area (Å²) in [5.41, 5.74) is 0. The molecule has 0 aromatic carbocycles. The van der Waals surface area contributed by atoms with Gasteiger partial charge in [0.25, 0.3) is 12.6 Å². The highest BCUT2D eigenvalue weighted by Crippen LogP contribution is 2.24. The third-order valence-electron chi connectivity index (χ3n) is 1.99. The SMILES string of the molecule is CCC(=O)OC(=O)C(F)(F)C(F)F.CCC(=O)OC(=O)C(F)C(F)F. The van der Waals surface area contributed by atoms with E-state index >= 15 is 0 Å². The highest BCUT2D eigenvalue weighted by Gasteiger charge is 2.51. The number of rotatable bonds is 6. The minimum Gasteiger partial charge on any atom is -0.391 e. The molecule has 1 unspecified atom stereocenters. The summed E-state index contributed by atoms with van der Waals surface area (Å²) in [5, 5.41) is 0. The quantitative estimate of drug-likeness (QED) is 0.396. The molecule has 0 aliphatic rings. The van der Waals surface area contributed by atoms with Crippen molar-refractivity contribution in [3.63, 3.8) is 0 Å². The average Bonchev–Trinajstić information content (AvgIpc) is 2.53. The summed E-state index contributed by atoms with van der Waals surface area (Å²) in [4.78, 5) is 41.0. The normalized spacial score (nSPS) is 12.1. The Balaban J connectivity index is 0. The lowest BCUT2D eigenvalue weighted by Crippen LogP contribution is -2.39. The first-order valence-corrected chi connectivity index (χ1v) is 6.38. The molecule has 0 amide bonds. The van der Waals surface area contributed by atoms with E-state index in [4.69, 9.17) is 0 Å². The van der Waals surface area contributed by atoms with Gasteiger partial charge in [-0.05, 0) is 0 Å². The predicted octanol–water partition coefficient (Wildman–Crippen LogP) is 2.44. The first-order chi connectivity index (χ1) is 11.3. The van der Waals surface area contributed by atoms with E-state index in [9.17, 15) is 49.9 Å². The standard InChI is InChI=1S/C6H6F4O3.C6H7F3O3/c1-2-3(11)13-5(12)6(9,10)4(7)8;1-2-3(10)12-6(11)4(7)5(8)9/h4H,2H2,1H3;4-5H,2H2,1H3. The molecule has 0 radical (unpaired) electrons. The maximum Gasteiger partial charge on any atom is 0.402 e. The van der Waals surface area contributed by atoms with Gasteiger partial charge >= 0.3 is 36.2 Å². The third kappa shape index (κ3) is 9.62. The largest absolute Gasteiger partial charge is 0.402 e. The average molecular weight is 386 g/mol. The molecule has 0 saturated carbocycles. The monoisotopic (exact) mass is 386 g/mol. The van der Waals surface area contributed by atoms with E-state index in [0.29, 0.717) is 0 Å². The van der Waals surface area contributed by atoms with Crippen LogP contribution >= 0.6 is 0 Å². The van der Waals surface area contributed by atoms with Gasteiger partial charge in [0.05, 0.1) is 0 Å². The molecule has 0 aliphatic heterocycles. The number of ether oxygens (including phenoxy) is 2. The molecular weight excluding hydrogens is 373 g/mol. The minimum absolute atomic E-state index is 0.165. The van der Waals surface area contributed by atoms with E-state index in [2.05, 4.69) is 9.47 Å². The number of hydrogen-bond acceptors (Lipinski definition) is 6. The van der Waals surface area contributed by atoms with Crippen molar-refractivity contribution in [2.45, 2.75) is 51.6 Å². The Morgan fingerprint density at radius 1 is 0.840 bits per heavy atom. The van der Waals surface area contributed by atoms with Crippen LogP contribution in [0.5, 0.6) is 0 Å². The topological polar surface area (TPSA) is 86.7 Å². The van der Waals surface area contributed by atoms with Crippen molar-refractivity contribution < 1.29 is 59.4 Å². The molecule has 1 atom stereocenters. The Kier molecular flexibility index (Phi) is 11.4. The molecule has 0 heterocycles. The molecule has 146 valence electrons. The zero-order valence-corrected chi connectivity index (χ0v) is 12.7. The second-order valence-corrected chi connectivity index (χ2v) is 3.92. The Hall–Kier alpha value is -2.21. The molecule has 6 nitrogen and oxygen atoms in total. The lowest BCUT2D eigenvalue weighted by atomic mass is 10.3. The molecule has 0 aromatic heterocycles. The predicted molar refractivity (Wildman–Crippen MR) is 64.6 cm³/mol. The lowest BCUT2D eigenvalue weighted by Gasteiger charge is -2.11. The summed E-state index contributed by atoms with van der Waals surface area (Å²) in [6, 6.07) is 0. The summed E-state index contributed by atoms with van der Waals surface area (Å²) in [5.74, 6) is -11.6. The highest BCUT2D eigenvalue weighted by atomic mass is 19.3. The number of halogens is 7. The van der Waals surface area contributed by atoms with Crippen LogP contribution in [-0.2, 0) is 28.7 Å². The molecule has 0 fully saturated rings. The second kappa shape index (κ2) is 11.4. The number of esters is 4. The van der Waals surface area contributed by atoms with Gasteiger partial charge < -0.3 is 9.47 Å². The van der Waals surface area contributed by atoms with Crippen molar-refractivity contribution in [3.8, 4) is 0 Å². The van der Waals surface area contributed by atoms with Gasteiger partial charge in [0, 0.05) is 12.8 Å². The maximum absolute atomic E-state index is 12.1. The van der Waals surface area contributed by atoms with Crippen LogP contribution in [0.2, 0.25) is 0 Å². The first-order valence-electron chi connectivity index (χ1n) is 6.38. The molecule has 25 heavy (non-hydrogen) atoms. The summed E-state index contributed by atoms with van der Waals surface area (Å²) >= 11 is 0. The lowest BCUT2D eigenvalue weighted by molar-refractivity contribution is -0.196. The Bertz CT molecular complexity index is 481. The van der Waals surface area contributed by atoms with Crippen molar-refractivity contribution in [3.05, 3.63) is 0 Å². The second-order valence-electron chi connectivity index (χ2n) is 3.92. The molecule has 0 bridgehead atoms. The van der Waals surface area contributed by atoms with Gasteiger partial charge in [0.15, 0.2) is 0 Å². The van der Waals surface area contributed by atoms with Gasteiger partial charge in [-0.1, -0.05) is 13.8 Å². The van der Waals surface area contributed by atoms with Crippen molar-refractivity contribution in [2.24, 2.45) is 0 Å². The number of hydrogen-bond donors (Lipinski definition) is 0. The summed E-state index contributed by atoms with van der Waals surface area (Å²) < 4.78 is 89.1.